The standard InChI is InChI=1S/C15H27N3O2/c1-3-4-5-8-13(2)9-6-7-12-20-18-11-10-14(16)17-15(18)19/h10-11,13H,3-9,12H2,1-2H3,(H2,16,17,19). The van der Waals surface area contributed by atoms with Crippen LogP contribution in [-0.2, 0) is 0 Å². The zero-order valence-electron chi connectivity index (χ0n) is 12.7. The van der Waals surface area contributed by atoms with Crippen molar-refractivity contribution in [1.82, 2.24) is 9.71 Å². The normalized spacial score (nSPS) is 12.3. The summed E-state index contributed by atoms with van der Waals surface area (Å²) in [4.78, 5) is 20.4. The first-order valence-electron chi connectivity index (χ1n) is 7.62. The van der Waals surface area contributed by atoms with Crippen LogP contribution in [0, 0.1) is 5.92 Å². The second kappa shape index (κ2) is 9.39. The largest absolute Gasteiger partial charge is 0.410 e. The van der Waals surface area contributed by atoms with E-state index >= 15 is 0 Å². The van der Waals surface area contributed by atoms with Crippen LogP contribution in [0.1, 0.15) is 58.8 Å². The van der Waals surface area contributed by atoms with Crippen molar-refractivity contribution in [3.63, 3.8) is 0 Å². The van der Waals surface area contributed by atoms with Crippen LogP contribution in [0.4, 0.5) is 5.82 Å². The van der Waals surface area contributed by atoms with Crippen molar-refractivity contribution in [1.29, 1.82) is 0 Å². The van der Waals surface area contributed by atoms with Crippen molar-refractivity contribution in [3.8, 4) is 0 Å². The first kappa shape index (κ1) is 16.5. The lowest BCUT2D eigenvalue weighted by Crippen LogP contribution is -2.29. The molecule has 5 heteroatoms. The van der Waals surface area contributed by atoms with Gasteiger partial charge < -0.3 is 10.6 Å². The molecule has 0 radical (unpaired) electrons. The average molecular weight is 281 g/mol. The molecule has 1 atom stereocenters. The van der Waals surface area contributed by atoms with E-state index in [1.807, 2.05) is 0 Å². The summed E-state index contributed by atoms with van der Waals surface area (Å²) < 4.78 is 1.14. The van der Waals surface area contributed by atoms with Crippen LogP contribution in [0.25, 0.3) is 0 Å². The third-order valence-electron chi connectivity index (χ3n) is 3.42. The molecule has 0 fully saturated rings. The molecule has 0 amide bonds. The first-order valence-corrected chi connectivity index (χ1v) is 7.62. The molecular formula is C15H27N3O2. The van der Waals surface area contributed by atoms with Crippen LogP contribution in [0.5, 0.6) is 0 Å². The summed E-state index contributed by atoms with van der Waals surface area (Å²) in [6.45, 7) is 5.08. The number of rotatable bonds is 10. The van der Waals surface area contributed by atoms with Crippen LogP contribution in [0.3, 0.4) is 0 Å². The van der Waals surface area contributed by atoms with E-state index in [4.69, 9.17) is 10.6 Å². The van der Waals surface area contributed by atoms with E-state index in [0.717, 1.165) is 23.5 Å². The Morgan fingerprint density at radius 2 is 2.00 bits per heavy atom. The van der Waals surface area contributed by atoms with E-state index in [9.17, 15) is 4.79 Å². The summed E-state index contributed by atoms with van der Waals surface area (Å²) >= 11 is 0. The van der Waals surface area contributed by atoms with E-state index < -0.39 is 5.69 Å². The van der Waals surface area contributed by atoms with Gasteiger partial charge in [-0.05, 0) is 18.8 Å². The lowest BCUT2D eigenvalue weighted by molar-refractivity contribution is 0.0946. The number of hydrogen-bond acceptors (Lipinski definition) is 4. The number of nitrogens with two attached hydrogens (primary N) is 1. The number of anilines is 1. The highest BCUT2D eigenvalue weighted by Gasteiger charge is 2.02. The van der Waals surface area contributed by atoms with Gasteiger partial charge in [0.1, 0.15) is 12.4 Å². The average Bonchev–Trinajstić information content (AvgIpc) is 2.41. The fraction of sp³-hybridized carbons (Fsp3) is 0.733. The van der Waals surface area contributed by atoms with Crippen LogP contribution in [0.2, 0.25) is 0 Å². The number of unbranched alkanes of at least 4 members (excludes halogenated alkanes) is 3. The molecule has 0 aliphatic rings. The highest BCUT2D eigenvalue weighted by Crippen LogP contribution is 2.15. The molecule has 2 N–H and O–H groups in total. The van der Waals surface area contributed by atoms with Crippen LogP contribution in [0.15, 0.2) is 17.1 Å². The molecule has 5 nitrogen and oxygen atoms in total. The van der Waals surface area contributed by atoms with Gasteiger partial charge in [-0.3, -0.25) is 0 Å². The van der Waals surface area contributed by atoms with Gasteiger partial charge >= 0.3 is 5.69 Å². The predicted molar refractivity (Wildman–Crippen MR) is 81.5 cm³/mol. The fourth-order valence-electron chi connectivity index (χ4n) is 2.15. The molecule has 1 aromatic heterocycles. The molecule has 1 unspecified atom stereocenters. The van der Waals surface area contributed by atoms with E-state index in [0.29, 0.717) is 6.61 Å². The van der Waals surface area contributed by atoms with Crippen LogP contribution >= 0.6 is 0 Å². The molecule has 0 bridgehead atoms. The minimum atomic E-state index is -0.460. The molecule has 20 heavy (non-hydrogen) atoms. The van der Waals surface area contributed by atoms with Crippen LogP contribution < -0.4 is 16.3 Å². The highest BCUT2D eigenvalue weighted by molar-refractivity contribution is 5.23. The summed E-state index contributed by atoms with van der Waals surface area (Å²) in [5, 5.41) is 0. The van der Waals surface area contributed by atoms with E-state index in [1.54, 1.807) is 6.07 Å². The van der Waals surface area contributed by atoms with Crippen molar-refractivity contribution in [2.45, 2.75) is 58.8 Å². The van der Waals surface area contributed by atoms with Gasteiger partial charge in [0.15, 0.2) is 0 Å². The third kappa shape index (κ3) is 6.59. The van der Waals surface area contributed by atoms with Gasteiger partial charge in [-0.25, -0.2) is 4.79 Å². The SMILES string of the molecule is CCCCCC(C)CCCCOn1ccc(N)nc1=O. The Morgan fingerprint density at radius 1 is 1.30 bits per heavy atom. The van der Waals surface area contributed by atoms with Gasteiger partial charge in [-0.15, -0.1) is 4.73 Å². The molecule has 0 aromatic carbocycles. The van der Waals surface area contributed by atoms with Gasteiger partial charge in [-0.1, -0.05) is 46.0 Å². The molecule has 1 rings (SSSR count). The Bertz CT molecular complexity index is 431. The maximum atomic E-state index is 11.4. The summed E-state index contributed by atoms with van der Waals surface area (Å²) in [6, 6.07) is 1.55. The zero-order chi connectivity index (χ0) is 14.8. The van der Waals surface area contributed by atoms with Gasteiger partial charge in [0.25, 0.3) is 0 Å². The Kier molecular flexibility index (Phi) is 7.77. The fourth-order valence-corrected chi connectivity index (χ4v) is 2.15. The zero-order valence-corrected chi connectivity index (χ0v) is 12.7. The van der Waals surface area contributed by atoms with Crippen molar-refractivity contribution in [2.75, 3.05) is 12.3 Å². The maximum Gasteiger partial charge on any atom is 0.382 e. The number of nitrogen functional groups attached to an aromatic ring is 1. The molecule has 0 spiro atoms. The molecule has 0 aliphatic heterocycles. The molecule has 0 saturated heterocycles. The highest BCUT2D eigenvalue weighted by atomic mass is 16.7. The molecule has 1 aromatic rings. The number of nitrogens with zero attached hydrogens (tertiary/aromatic N) is 2. The Hall–Kier alpha value is -1.52. The first-order chi connectivity index (χ1) is 9.63. The van der Waals surface area contributed by atoms with E-state index in [-0.39, 0.29) is 5.82 Å². The number of hydrogen-bond donors (Lipinski definition) is 1. The molecule has 1 heterocycles. The second-order valence-electron chi connectivity index (χ2n) is 5.39. The smallest absolute Gasteiger partial charge is 0.382 e. The van der Waals surface area contributed by atoms with Crippen molar-refractivity contribution in [2.24, 2.45) is 5.92 Å². The summed E-state index contributed by atoms with van der Waals surface area (Å²) in [5.74, 6) is 0.998. The lowest BCUT2D eigenvalue weighted by Gasteiger charge is -2.11. The Morgan fingerprint density at radius 3 is 2.65 bits per heavy atom. The van der Waals surface area contributed by atoms with Crippen molar-refractivity contribution < 1.29 is 4.84 Å². The predicted octanol–water partition coefficient (Wildman–Crippen LogP) is 2.64. The quantitative estimate of drug-likeness (QED) is 0.669. The van der Waals surface area contributed by atoms with Gasteiger partial charge in [-0.2, -0.15) is 4.98 Å². The minimum absolute atomic E-state index is 0.218. The molecule has 0 saturated carbocycles. The van der Waals surface area contributed by atoms with Crippen molar-refractivity contribution in [3.05, 3.63) is 22.7 Å². The molecule has 0 aliphatic carbocycles. The minimum Gasteiger partial charge on any atom is -0.410 e. The summed E-state index contributed by atoms with van der Waals surface area (Å²) in [5.41, 5.74) is 4.95. The third-order valence-corrected chi connectivity index (χ3v) is 3.42. The summed E-state index contributed by atoms with van der Waals surface area (Å²) in [7, 11) is 0. The van der Waals surface area contributed by atoms with Crippen molar-refractivity contribution >= 4 is 5.82 Å². The second-order valence-corrected chi connectivity index (χ2v) is 5.39. The van der Waals surface area contributed by atoms with E-state index in [1.165, 1.54) is 38.3 Å². The number of aromatic nitrogens is 2. The van der Waals surface area contributed by atoms with Gasteiger partial charge in [0.05, 0.1) is 6.20 Å². The Balaban J connectivity index is 2.11. The van der Waals surface area contributed by atoms with Gasteiger partial charge in [0, 0.05) is 6.07 Å². The van der Waals surface area contributed by atoms with E-state index in [2.05, 4.69) is 18.8 Å². The molecular weight excluding hydrogens is 254 g/mol. The topological polar surface area (TPSA) is 70.1 Å². The summed E-state index contributed by atoms with van der Waals surface area (Å²) in [6.07, 6.45) is 10.1. The monoisotopic (exact) mass is 281 g/mol. The Labute approximate surface area is 121 Å². The molecule has 114 valence electrons. The maximum absolute atomic E-state index is 11.4. The lowest BCUT2D eigenvalue weighted by atomic mass is 9.97. The van der Waals surface area contributed by atoms with Crippen LogP contribution in [-0.4, -0.2) is 16.3 Å². The van der Waals surface area contributed by atoms with Gasteiger partial charge in [0.2, 0.25) is 0 Å².